The molecule has 2 atom stereocenters. The maximum atomic E-state index is 12.2. The normalized spacial score (nSPS) is 20.2. The van der Waals surface area contributed by atoms with Gasteiger partial charge in [-0.3, -0.25) is 4.79 Å². The minimum absolute atomic E-state index is 0.00255. The van der Waals surface area contributed by atoms with E-state index in [1.54, 1.807) is 12.1 Å². The minimum atomic E-state index is -0.0433. The molecule has 1 amide bonds. The molecule has 1 aliphatic rings. The molecule has 23 heavy (non-hydrogen) atoms. The first kappa shape index (κ1) is 16.0. The van der Waals surface area contributed by atoms with Crippen molar-refractivity contribution < 1.29 is 4.79 Å². The monoisotopic (exact) mass is 346 g/mol. The van der Waals surface area contributed by atoms with Gasteiger partial charge in [0, 0.05) is 5.92 Å². The first-order valence-corrected chi connectivity index (χ1v) is 8.16. The van der Waals surface area contributed by atoms with E-state index in [2.05, 4.69) is 22.7 Å². The maximum absolute atomic E-state index is 12.2. The summed E-state index contributed by atoms with van der Waals surface area (Å²) in [6.07, 6.45) is 0.872. The summed E-state index contributed by atoms with van der Waals surface area (Å²) in [5.74, 6) is 0.262. The highest BCUT2D eigenvalue weighted by Crippen LogP contribution is 2.47. The molecule has 118 valence electrons. The van der Waals surface area contributed by atoms with Crippen LogP contribution in [0.15, 0.2) is 53.6 Å². The number of nitrogens with one attached hydrogen (secondary N) is 1. The number of carbonyl (C=O) groups excluding carboxylic acids is 1. The maximum Gasteiger partial charge on any atom is 0.243 e. The third kappa shape index (κ3) is 3.74. The van der Waals surface area contributed by atoms with Crippen LogP contribution in [0.25, 0.3) is 0 Å². The van der Waals surface area contributed by atoms with Crippen molar-refractivity contribution in [1.82, 2.24) is 5.43 Å². The SMILES string of the molecule is C/C(=N\NC(=O)[C@@H]1C[C@H]1c1ccccc1)c1ccc(Cl)c(Cl)c1. The third-order valence-electron chi connectivity index (χ3n) is 4.03. The van der Waals surface area contributed by atoms with Crippen LogP contribution in [0.4, 0.5) is 0 Å². The van der Waals surface area contributed by atoms with Crippen LogP contribution in [-0.2, 0) is 4.79 Å². The lowest BCUT2D eigenvalue weighted by Crippen LogP contribution is -2.21. The van der Waals surface area contributed by atoms with E-state index in [-0.39, 0.29) is 11.8 Å². The molecule has 0 saturated heterocycles. The number of hydrogen-bond acceptors (Lipinski definition) is 2. The van der Waals surface area contributed by atoms with Crippen LogP contribution < -0.4 is 5.43 Å². The largest absolute Gasteiger partial charge is 0.273 e. The molecule has 5 heteroatoms. The fourth-order valence-electron chi connectivity index (χ4n) is 2.56. The zero-order valence-corrected chi connectivity index (χ0v) is 14.1. The molecular formula is C18H16Cl2N2O. The molecule has 0 bridgehead atoms. The van der Waals surface area contributed by atoms with Crippen LogP contribution in [0.3, 0.4) is 0 Å². The van der Waals surface area contributed by atoms with Crippen LogP contribution in [0.2, 0.25) is 10.0 Å². The molecule has 0 aliphatic heterocycles. The molecular weight excluding hydrogens is 331 g/mol. The van der Waals surface area contributed by atoms with Gasteiger partial charge in [-0.2, -0.15) is 5.10 Å². The standard InChI is InChI=1S/C18H16Cl2N2O/c1-11(13-7-8-16(19)17(20)9-13)21-22-18(23)15-10-14(15)12-5-3-2-4-6-12/h2-9,14-15H,10H2,1H3,(H,22,23)/b21-11+/t14-,15+/m0/s1. The molecule has 2 aromatic carbocycles. The lowest BCUT2D eigenvalue weighted by molar-refractivity contribution is -0.122. The minimum Gasteiger partial charge on any atom is -0.273 e. The van der Waals surface area contributed by atoms with Gasteiger partial charge in [-0.1, -0.05) is 59.6 Å². The predicted octanol–water partition coefficient (Wildman–Crippen LogP) is 4.64. The quantitative estimate of drug-likeness (QED) is 0.635. The predicted molar refractivity (Wildman–Crippen MR) is 94.1 cm³/mol. The van der Waals surface area contributed by atoms with Gasteiger partial charge in [-0.05, 0) is 42.5 Å². The van der Waals surface area contributed by atoms with Crippen LogP contribution >= 0.6 is 23.2 Å². The highest BCUT2D eigenvalue weighted by molar-refractivity contribution is 6.42. The fourth-order valence-corrected chi connectivity index (χ4v) is 2.86. The Bertz CT molecular complexity index is 759. The lowest BCUT2D eigenvalue weighted by Gasteiger charge is -2.04. The van der Waals surface area contributed by atoms with Crippen LogP contribution in [0, 0.1) is 5.92 Å². The van der Waals surface area contributed by atoms with Crippen LogP contribution in [0.5, 0.6) is 0 Å². The first-order chi connectivity index (χ1) is 11.1. The van der Waals surface area contributed by atoms with Crippen molar-refractivity contribution >= 4 is 34.8 Å². The van der Waals surface area contributed by atoms with Crippen molar-refractivity contribution in [2.75, 3.05) is 0 Å². The number of hydrogen-bond donors (Lipinski definition) is 1. The Hall–Kier alpha value is -1.84. The van der Waals surface area contributed by atoms with E-state index in [0.29, 0.717) is 21.7 Å². The zero-order chi connectivity index (χ0) is 16.4. The molecule has 0 heterocycles. The van der Waals surface area contributed by atoms with E-state index in [1.807, 2.05) is 31.2 Å². The molecule has 1 aliphatic carbocycles. The second kappa shape index (κ2) is 6.73. The van der Waals surface area contributed by atoms with E-state index >= 15 is 0 Å². The summed E-state index contributed by atoms with van der Waals surface area (Å²) in [5, 5.41) is 5.13. The first-order valence-electron chi connectivity index (χ1n) is 7.41. The molecule has 0 spiro atoms. The molecule has 1 N–H and O–H groups in total. The van der Waals surface area contributed by atoms with Crippen molar-refractivity contribution in [1.29, 1.82) is 0 Å². The summed E-state index contributed by atoms with van der Waals surface area (Å²) in [6.45, 7) is 1.82. The second-order valence-corrected chi connectivity index (χ2v) is 6.48. The fraction of sp³-hybridized carbons (Fsp3) is 0.222. The van der Waals surface area contributed by atoms with Crippen molar-refractivity contribution in [2.45, 2.75) is 19.3 Å². The molecule has 0 radical (unpaired) electrons. The summed E-state index contributed by atoms with van der Waals surface area (Å²) in [7, 11) is 0. The summed E-state index contributed by atoms with van der Waals surface area (Å²) >= 11 is 11.9. The van der Waals surface area contributed by atoms with E-state index in [9.17, 15) is 4.79 Å². The van der Waals surface area contributed by atoms with Gasteiger partial charge in [-0.25, -0.2) is 5.43 Å². The van der Waals surface area contributed by atoms with Crippen molar-refractivity contribution in [3.05, 3.63) is 69.7 Å². The summed E-state index contributed by atoms with van der Waals surface area (Å²) < 4.78 is 0. The number of benzene rings is 2. The van der Waals surface area contributed by atoms with Gasteiger partial charge in [0.1, 0.15) is 0 Å². The second-order valence-electron chi connectivity index (χ2n) is 5.66. The number of rotatable bonds is 4. The number of halogens is 2. The average Bonchev–Trinajstić information content (AvgIpc) is 3.36. The number of nitrogens with zero attached hydrogens (tertiary/aromatic N) is 1. The Morgan fingerprint density at radius 1 is 1.13 bits per heavy atom. The van der Waals surface area contributed by atoms with Gasteiger partial charge in [-0.15, -0.1) is 0 Å². The van der Waals surface area contributed by atoms with E-state index < -0.39 is 0 Å². The molecule has 1 saturated carbocycles. The molecule has 3 rings (SSSR count). The van der Waals surface area contributed by atoms with Crippen molar-refractivity contribution in [3.63, 3.8) is 0 Å². The molecule has 0 unspecified atom stereocenters. The van der Waals surface area contributed by atoms with Crippen LogP contribution in [0.1, 0.15) is 30.4 Å². The highest BCUT2D eigenvalue weighted by atomic mass is 35.5. The van der Waals surface area contributed by atoms with Crippen molar-refractivity contribution in [2.24, 2.45) is 11.0 Å². The summed E-state index contributed by atoms with van der Waals surface area (Å²) in [4.78, 5) is 12.2. The Morgan fingerprint density at radius 2 is 1.87 bits per heavy atom. The van der Waals surface area contributed by atoms with E-state index in [4.69, 9.17) is 23.2 Å². The molecule has 2 aromatic rings. The summed E-state index contributed by atoms with van der Waals surface area (Å²) in [6, 6.07) is 15.4. The van der Waals surface area contributed by atoms with Gasteiger partial charge in [0.15, 0.2) is 0 Å². The van der Waals surface area contributed by atoms with Gasteiger partial charge >= 0.3 is 0 Å². The van der Waals surface area contributed by atoms with Crippen molar-refractivity contribution in [3.8, 4) is 0 Å². The smallest absolute Gasteiger partial charge is 0.243 e. The Kier molecular flexibility index (Phi) is 4.69. The highest BCUT2D eigenvalue weighted by Gasteiger charge is 2.43. The van der Waals surface area contributed by atoms with Gasteiger partial charge in [0.05, 0.1) is 15.8 Å². The number of amides is 1. The Balaban J connectivity index is 1.61. The van der Waals surface area contributed by atoms with Gasteiger partial charge in [0.2, 0.25) is 5.91 Å². The average molecular weight is 347 g/mol. The van der Waals surface area contributed by atoms with Crippen LogP contribution in [-0.4, -0.2) is 11.6 Å². The van der Waals surface area contributed by atoms with E-state index in [1.165, 1.54) is 5.56 Å². The third-order valence-corrected chi connectivity index (χ3v) is 4.77. The van der Waals surface area contributed by atoms with Gasteiger partial charge in [0.25, 0.3) is 0 Å². The number of carbonyl (C=O) groups is 1. The molecule has 0 aromatic heterocycles. The van der Waals surface area contributed by atoms with Gasteiger partial charge < -0.3 is 0 Å². The number of hydrazone groups is 1. The van der Waals surface area contributed by atoms with E-state index in [0.717, 1.165) is 12.0 Å². The zero-order valence-electron chi connectivity index (χ0n) is 12.6. The lowest BCUT2D eigenvalue weighted by atomic mass is 10.1. The Morgan fingerprint density at radius 3 is 2.57 bits per heavy atom. The topological polar surface area (TPSA) is 41.5 Å². The summed E-state index contributed by atoms with van der Waals surface area (Å²) in [5.41, 5.74) is 5.37. The Labute approximate surface area is 145 Å². The molecule has 1 fully saturated rings. The molecule has 3 nitrogen and oxygen atoms in total.